The molecule has 96 valence electrons. The van der Waals surface area contributed by atoms with Gasteiger partial charge in [-0.2, -0.15) is 0 Å². The summed E-state index contributed by atoms with van der Waals surface area (Å²) in [6.07, 6.45) is 1.79. The van der Waals surface area contributed by atoms with Gasteiger partial charge in [0.2, 0.25) is 0 Å². The largest absolute Gasteiger partial charge is 0.496 e. The Bertz CT molecular complexity index is 350. The van der Waals surface area contributed by atoms with Crippen molar-refractivity contribution in [3.63, 3.8) is 0 Å². The van der Waals surface area contributed by atoms with Gasteiger partial charge < -0.3 is 14.7 Å². The second-order valence-electron chi connectivity index (χ2n) is 4.34. The highest BCUT2D eigenvalue weighted by Gasteiger charge is 2.16. The van der Waals surface area contributed by atoms with Crippen LogP contribution in [0.25, 0.3) is 0 Å². The number of ether oxygens (including phenoxy) is 1. The van der Waals surface area contributed by atoms with Crippen LogP contribution in [0.2, 0.25) is 0 Å². The van der Waals surface area contributed by atoms with E-state index in [0.29, 0.717) is 0 Å². The first-order valence-electron chi connectivity index (χ1n) is 6.17. The molecule has 0 saturated heterocycles. The summed E-state index contributed by atoms with van der Waals surface area (Å²) >= 11 is 0. The van der Waals surface area contributed by atoms with Crippen LogP contribution in [-0.2, 0) is 0 Å². The lowest BCUT2D eigenvalue weighted by molar-refractivity contribution is 0.194. The minimum absolute atomic E-state index is 0.523. The number of anilines is 1. The molecule has 1 atom stereocenters. The fourth-order valence-electron chi connectivity index (χ4n) is 1.98. The monoisotopic (exact) mass is 237 g/mol. The highest BCUT2D eigenvalue weighted by atomic mass is 16.5. The molecule has 1 unspecified atom stereocenters. The molecule has 0 bridgehead atoms. The number of hydrogen-bond donors (Lipinski definition) is 1. The van der Waals surface area contributed by atoms with Crippen LogP contribution in [0.1, 0.15) is 38.4 Å². The third-order valence-corrected chi connectivity index (χ3v) is 2.94. The van der Waals surface area contributed by atoms with Crippen LogP contribution < -0.4 is 9.64 Å². The number of aliphatic hydroxyl groups is 1. The molecule has 0 saturated carbocycles. The number of rotatable bonds is 6. The van der Waals surface area contributed by atoms with Crippen molar-refractivity contribution in [2.45, 2.75) is 32.8 Å². The first-order chi connectivity index (χ1) is 8.11. The summed E-state index contributed by atoms with van der Waals surface area (Å²) in [6, 6.07) is 5.88. The molecular formula is C14H23NO2. The van der Waals surface area contributed by atoms with E-state index >= 15 is 0 Å². The van der Waals surface area contributed by atoms with Crippen molar-refractivity contribution in [1.82, 2.24) is 0 Å². The SMILES string of the molecule is CCCCN(C)c1cccc(OC)c1C(C)O. The van der Waals surface area contributed by atoms with Crippen LogP contribution in [0.3, 0.4) is 0 Å². The molecule has 0 amide bonds. The topological polar surface area (TPSA) is 32.7 Å². The van der Waals surface area contributed by atoms with Crippen molar-refractivity contribution in [3.8, 4) is 5.75 Å². The molecule has 3 heteroatoms. The standard InChI is InChI=1S/C14H23NO2/c1-5-6-10-15(3)12-8-7-9-13(17-4)14(12)11(2)16/h7-9,11,16H,5-6,10H2,1-4H3. The zero-order chi connectivity index (χ0) is 12.8. The Morgan fingerprint density at radius 3 is 2.65 bits per heavy atom. The lowest BCUT2D eigenvalue weighted by Gasteiger charge is -2.25. The molecule has 1 aromatic rings. The third-order valence-electron chi connectivity index (χ3n) is 2.94. The zero-order valence-corrected chi connectivity index (χ0v) is 11.2. The fourth-order valence-corrected chi connectivity index (χ4v) is 1.98. The van der Waals surface area contributed by atoms with Gasteiger partial charge in [-0.3, -0.25) is 0 Å². The smallest absolute Gasteiger partial charge is 0.126 e. The number of unbranched alkanes of at least 4 members (excludes halogenated alkanes) is 1. The molecule has 0 radical (unpaired) electrons. The maximum Gasteiger partial charge on any atom is 0.126 e. The molecule has 0 fully saturated rings. The molecule has 0 aliphatic heterocycles. The molecular weight excluding hydrogens is 214 g/mol. The van der Waals surface area contributed by atoms with Crippen LogP contribution in [0.4, 0.5) is 5.69 Å². The van der Waals surface area contributed by atoms with Gasteiger partial charge in [0, 0.05) is 24.8 Å². The second kappa shape index (κ2) is 6.50. The van der Waals surface area contributed by atoms with Crippen molar-refractivity contribution in [1.29, 1.82) is 0 Å². The Morgan fingerprint density at radius 2 is 2.12 bits per heavy atom. The molecule has 1 N–H and O–H groups in total. The van der Waals surface area contributed by atoms with E-state index in [9.17, 15) is 5.11 Å². The average molecular weight is 237 g/mol. The Hall–Kier alpha value is -1.22. The van der Waals surface area contributed by atoms with Crippen molar-refractivity contribution < 1.29 is 9.84 Å². The zero-order valence-electron chi connectivity index (χ0n) is 11.2. The fraction of sp³-hybridized carbons (Fsp3) is 0.571. The normalized spacial score (nSPS) is 12.3. The maximum absolute atomic E-state index is 9.88. The van der Waals surface area contributed by atoms with Crippen molar-refractivity contribution in [2.24, 2.45) is 0 Å². The van der Waals surface area contributed by atoms with Gasteiger partial charge in [-0.05, 0) is 25.5 Å². The van der Waals surface area contributed by atoms with Crippen molar-refractivity contribution >= 4 is 5.69 Å². The Labute approximate surface area is 104 Å². The Morgan fingerprint density at radius 1 is 1.41 bits per heavy atom. The van der Waals surface area contributed by atoms with E-state index in [2.05, 4.69) is 18.9 Å². The van der Waals surface area contributed by atoms with Gasteiger partial charge in [-0.25, -0.2) is 0 Å². The van der Waals surface area contributed by atoms with Crippen LogP contribution in [-0.4, -0.2) is 25.8 Å². The number of aliphatic hydroxyl groups excluding tert-OH is 1. The summed E-state index contributed by atoms with van der Waals surface area (Å²) in [4.78, 5) is 2.17. The summed E-state index contributed by atoms with van der Waals surface area (Å²) in [5.41, 5.74) is 1.92. The van der Waals surface area contributed by atoms with Gasteiger partial charge in [0.1, 0.15) is 5.75 Å². The summed E-state index contributed by atoms with van der Waals surface area (Å²) in [5.74, 6) is 0.751. The molecule has 0 aliphatic carbocycles. The number of nitrogens with zero attached hydrogens (tertiary/aromatic N) is 1. The van der Waals surface area contributed by atoms with E-state index in [1.165, 1.54) is 6.42 Å². The predicted molar refractivity (Wildman–Crippen MR) is 71.8 cm³/mol. The maximum atomic E-state index is 9.88. The first-order valence-corrected chi connectivity index (χ1v) is 6.17. The molecule has 17 heavy (non-hydrogen) atoms. The van der Waals surface area contributed by atoms with Gasteiger partial charge in [-0.1, -0.05) is 19.4 Å². The summed E-state index contributed by atoms with van der Waals surface area (Å²) in [6.45, 7) is 4.94. The first kappa shape index (κ1) is 13.8. The van der Waals surface area contributed by atoms with Crippen molar-refractivity contribution in [3.05, 3.63) is 23.8 Å². The quantitative estimate of drug-likeness (QED) is 0.825. The Balaban J connectivity index is 3.05. The van der Waals surface area contributed by atoms with Crippen LogP contribution >= 0.6 is 0 Å². The number of hydrogen-bond acceptors (Lipinski definition) is 3. The van der Waals surface area contributed by atoms with Crippen LogP contribution in [0.5, 0.6) is 5.75 Å². The third kappa shape index (κ3) is 3.37. The summed E-state index contributed by atoms with van der Waals surface area (Å²) < 4.78 is 5.32. The minimum atomic E-state index is -0.523. The van der Waals surface area contributed by atoms with E-state index in [4.69, 9.17) is 4.74 Å². The second-order valence-corrected chi connectivity index (χ2v) is 4.34. The van der Waals surface area contributed by atoms with Crippen LogP contribution in [0.15, 0.2) is 18.2 Å². The lowest BCUT2D eigenvalue weighted by atomic mass is 10.1. The average Bonchev–Trinajstić information content (AvgIpc) is 2.34. The van der Waals surface area contributed by atoms with Crippen molar-refractivity contribution in [2.75, 3.05) is 25.6 Å². The van der Waals surface area contributed by atoms with E-state index < -0.39 is 6.10 Å². The summed E-state index contributed by atoms with van der Waals surface area (Å²) in [5, 5.41) is 9.88. The van der Waals surface area contributed by atoms with Gasteiger partial charge in [-0.15, -0.1) is 0 Å². The highest BCUT2D eigenvalue weighted by molar-refractivity contribution is 5.60. The van der Waals surface area contributed by atoms with E-state index in [1.807, 2.05) is 18.2 Å². The van der Waals surface area contributed by atoms with Gasteiger partial charge in [0.25, 0.3) is 0 Å². The van der Waals surface area contributed by atoms with Gasteiger partial charge in [0.15, 0.2) is 0 Å². The molecule has 1 aromatic carbocycles. The number of methoxy groups -OCH3 is 1. The van der Waals surface area contributed by atoms with E-state index in [1.54, 1.807) is 14.0 Å². The molecule has 0 aliphatic rings. The van der Waals surface area contributed by atoms with Gasteiger partial charge >= 0.3 is 0 Å². The summed E-state index contributed by atoms with van der Waals surface area (Å²) in [7, 11) is 3.69. The van der Waals surface area contributed by atoms with E-state index in [0.717, 1.165) is 30.0 Å². The molecule has 3 nitrogen and oxygen atoms in total. The predicted octanol–water partition coefficient (Wildman–Crippen LogP) is 2.98. The number of benzene rings is 1. The van der Waals surface area contributed by atoms with E-state index in [-0.39, 0.29) is 0 Å². The Kier molecular flexibility index (Phi) is 5.29. The van der Waals surface area contributed by atoms with Gasteiger partial charge in [0.05, 0.1) is 13.2 Å². The lowest BCUT2D eigenvalue weighted by Crippen LogP contribution is -2.20. The minimum Gasteiger partial charge on any atom is -0.496 e. The highest BCUT2D eigenvalue weighted by Crippen LogP contribution is 2.34. The molecule has 1 rings (SSSR count). The molecule has 0 aromatic heterocycles. The molecule has 0 heterocycles. The molecule has 0 spiro atoms. The van der Waals surface area contributed by atoms with Crippen LogP contribution in [0, 0.1) is 0 Å².